The number of carboxylic acid groups (broad SMARTS) is 2. The van der Waals surface area contributed by atoms with Crippen LogP contribution in [-0.4, -0.2) is 44.5 Å². The molecule has 0 aliphatic rings. The van der Waals surface area contributed by atoms with E-state index in [4.69, 9.17) is 15.0 Å². The van der Waals surface area contributed by atoms with Crippen LogP contribution < -0.4 is 0 Å². The maximum Gasteiger partial charge on any atom is 2.00 e. The molecule has 0 spiro atoms. The molecule has 0 heterocycles. The van der Waals surface area contributed by atoms with E-state index in [2.05, 4.69) is 6.92 Å². The third kappa shape index (κ3) is 15.3. The summed E-state index contributed by atoms with van der Waals surface area (Å²) in [5.41, 5.74) is 1.09. The summed E-state index contributed by atoms with van der Waals surface area (Å²) >= 11 is 0. The second-order valence-corrected chi connectivity index (χ2v) is 4.78. The van der Waals surface area contributed by atoms with E-state index in [1.807, 2.05) is 18.2 Å². The van der Waals surface area contributed by atoms with E-state index in [9.17, 15) is 5.11 Å². The van der Waals surface area contributed by atoms with Crippen LogP contribution in [0.15, 0.2) is 24.3 Å². The van der Waals surface area contributed by atoms with E-state index in [1.165, 1.54) is 44.9 Å². The van der Waals surface area contributed by atoms with E-state index in [-0.39, 0.29) is 25.9 Å². The molecule has 0 bridgehead atoms. The Hall–Kier alpha value is -0.944. The Morgan fingerprint density at radius 1 is 1.00 bits per heavy atom. The fourth-order valence-electron chi connectivity index (χ4n) is 1.99. The molecule has 0 aliphatic heterocycles. The largest absolute Gasteiger partial charge is 2.00 e. The number of phenols is 1. The van der Waals surface area contributed by atoms with Gasteiger partial charge in [0, 0.05) is 0 Å². The Kier molecular flexibility index (Phi) is 16.4. The SMILES string of the molecule is CCCCCCCCCc1ccccc1O.O=C(O)O.[H-].[H-].[Mg+2]. The molecule has 0 unspecified atom stereocenters. The maximum absolute atomic E-state index is 9.58. The van der Waals surface area contributed by atoms with E-state index in [0.29, 0.717) is 5.75 Å². The quantitative estimate of drug-likeness (QED) is 0.478. The summed E-state index contributed by atoms with van der Waals surface area (Å²) in [7, 11) is 0. The van der Waals surface area contributed by atoms with Crippen LogP contribution in [0.5, 0.6) is 5.75 Å². The Morgan fingerprint density at radius 2 is 1.48 bits per heavy atom. The van der Waals surface area contributed by atoms with Crippen molar-refractivity contribution in [2.75, 3.05) is 0 Å². The minimum atomic E-state index is -1.83. The van der Waals surface area contributed by atoms with Gasteiger partial charge >= 0.3 is 29.2 Å². The topological polar surface area (TPSA) is 77.8 Å². The maximum atomic E-state index is 9.58. The fourth-order valence-corrected chi connectivity index (χ4v) is 1.99. The van der Waals surface area contributed by atoms with Gasteiger partial charge in [-0.3, -0.25) is 0 Å². The average molecular weight is 309 g/mol. The number of phenolic OH excluding ortho intramolecular Hbond substituents is 1. The van der Waals surface area contributed by atoms with Gasteiger partial charge in [-0.05, 0) is 24.5 Å². The summed E-state index contributed by atoms with van der Waals surface area (Å²) < 4.78 is 0. The minimum Gasteiger partial charge on any atom is -1.00 e. The molecule has 0 saturated heterocycles. The fraction of sp³-hybridized carbons (Fsp3) is 0.562. The molecule has 0 fully saturated rings. The van der Waals surface area contributed by atoms with Crippen molar-refractivity contribution in [1.82, 2.24) is 0 Å². The van der Waals surface area contributed by atoms with Gasteiger partial charge in [-0.25, -0.2) is 4.79 Å². The molecule has 21 heavy (non-hydrogen) atoms. The van der Waals surface area contributed by atoms with Crippen LogP contribution in [-0.2, 0) is 6.42 Å². The van der Waals surface area contributed by atoms with Gasteiger partial charge in [-0.2, -0.15) is 0 Å². The number of hydrogen-bond acceptors (Lipinski definition) is 2. The Labute approximate surface area is 146 Å². The van der Waals surface area contributed by atoms with Gasteiger partial charge in [0.25, 0.3) is 0 Å². The molecule has 0 aliphatic carbocycles. The van der Waals surface area contributed by atoms with Crippen LogP contribution in [0.3, 0.4) is 0 Å². The first-order chi connectivity index (χ1) is 9.57. The normalized spacial score (nSPS) is 9.19. The average Bonchev–Trinajstić information content (AvgIpc) is 2.39. The van der Waals surface area contributed by atoms with Gasteiger partial charge in [0.1, 0.15) is 5.75 Å². The second kappa shape index (κ2) is 15.4. The van der Waals surface area contributed by atoms with Crippen LogP contribution in [0.1, 0.15) is 60.3 Å². The molecule has 0 radical (unpaired) electrons. The summed E-state index contributed by atoms with van der Waals surface area (Å²) in [6.45, 7) is 2.25. The third-order valence-electron chi connectivity index (χ3n) is 3.04. The Balaban J connectivity index is -0.000000232. The molecular formula is C16H28MgO4. The predicted octanol–water partition coefficient (Wildman–Crippen LogP) is 4.75. The van der Waals surface area contributed by atoms with Crippen LogP contribution in [0.25, 0.3) is 0 Å². The van der Waals surface area contributed by atoms with Crippen LogP contribution in [0.2, 0.25) is 0 Å². The van der Waals surface area contributed by atoms with Crippen molar-refractivity contribution in [1.29, 1.82) is 0 Å². The van der Waals surface area contributed by atoms with Crippen molar-refractivity contribution in [3.8, 4) is 5.75 Å². The summed E-state index contributed by atoms with van der Waals surface area (Å²) in [4.78, 5) is 8.56. The number of aryl methyl sites for hydroxylation is 1. The van der Waals surface area contributed by atoms with Crippen molar-refractivity contribution < 1.29 is 23.0 Å². The van der Waals surface area contributed by atoms with Gasteiger partial charge in [0.05, 0.1) is 0 Å². The van der Waals surface area contributed by atoms with E-state index in [1.54, 1.807) is 6.07 Å². The van der Waals surface area contributed by atoms with Crippen molar-refractivity contribution in [2.45, 2.75) is 58.3 Å². The molecule has 5 heteroatoms. The molecule has 1 aromatic rings. The third-order valence-corrected chi connectivity index (χ3v) is 3.04. The first-order valence-corrected chi connectivity index (χ1v) is 7.26. The standard InChI is InChI=1S/C15H24O.CH2O3.Mg.2H/c1-2-3-4-5-6-7-8-11-14-12-9-10-13-15(14)16;2-1(3)4;;;/h9-10,12-13,16H,2-8,11H2,1H3;(H2,2,3,4);;;/q;;+2;2*-1. The van der Waals surface area contributed by atoms with Crippen molar-refractivity contribution in [3.63, 3.8) is 0 Å². The van der Waals surface area contributed by atoms with Crippen LogP contribution in [0.4, 0.5) is 4.79 Å². The van der Waals surface area contributed by atoms with Crippen molar-refractivity contribution >= 4 is 29.2 Å². The molecule has 0 atom stereocenters. The summed E-state index contributed by atoms with van der Waals surface area (Å²) in [6, 6.07) is 7.67. The number of rotatable bonds is 8. The number of unbranched alkanes of at least 4 members (excludes halogenated alkanes) is 6. The number of aromatic hydroxyl groups is 1. The summed E-state index contributed by atoms with van der Waals surface area (Å²) in [6.07, 6.45) is 8.45. The monoisotopic (exact) mass is 308 g/mol. The van der Waals surface area contributed by atoms with Gasteiger partial charge in [-0.1, -0.05) is 63.6 Å². The van der Waals surface area contributed by atoms with E-state index >= 15 is 0 Å². The first kappa shape index (κ1) is 22.3. The van der Waals surface area contributed by atoms with Gasteiger partial charge in [-0.15, -0.1) is 0 Å². The molecule has 118 valence electrons. The smallest absolute Gasteiger partial charge is 1.00 e. The molecule has 0 amide bonds. The molecule has 0 saturated carbocycles. The molecule has 1 aromatic carbocycles. The Bertz CT molecular complexity index is 375. The van der Waals surface area contributed by atoms with Gasteiger partial charge < -0.3 is 18.2 Å². The number of hydrogen-bond donors (Lipinski definition) is 3. The minimum absolute atomic E-state index is 0. The van der Waals surface area contributed by atoms with Crippen molar-refractivity contribution in [3.05, 3.63) is 29.8 Å². The zero-order valence-electron chi connectivity index (χ0n) is 14.9. The molecular weight excluding hydrogens is 280 g/mol. The predicted molar refractivity (Wildman–Crippen MR) is 88.4 cm³/mol. The number of para-hydroxylation sites is 1. The summed E-state index contributed by atoms with van der Waals surface area (Å²) in [5, 5.41) is 23.5. The zero-order valence-corrected chi connectivity index (χ0v) is 14.3. The number of carbonyl (C=O) groups is 1. The molecule has 4 nitrogen and oxygen atoms in total. The van der Waals surface area contributed by atoms with E-state index < -0.39 is 6.16 Å². The van der Waals surface area contributed by atoms with E-state index in [0.717, 1.165) is 12.0 Å². The summed E-state index contributed by atoms with van der Waals surface area (Å²) in [5.74, 6) is 0.452. The molecule has 0 aromatic heterocycles. The molecule has 3 N–H and O–H groups in total. The van der Waals surface area contributed by atoms with Crippen LogP contribution >= 0.6 is 0 Å². The second-order valence-electron chi connectivity index (χ2n) is 4.78. The number of benzene rings is 1. The van der Waals surface area contributed by atoms with Gasteiger partial charge in [0.2, 0.25) is 0 Å². The van der Waals surface area contributed by atoms with Crippen molar-refractivity contribution in [2.24, 2.45) is 0 Å². The van der Waals surface area contributed by atoms with Crippen LogP contribution in [0, 0.1) is 0 Å². The van der Waals surface area contributed by atoms with Gasteiger partial charge in [0.15, 0.2) is 0 Å². The molecule has 1 rings (SSSR count). The Morgan fingerprint density at radius 3 is 2.00 bits per heavy atom. The first-order valence-electron chi connectivity index (χ1n) is 7.26. The zero-order chi connectivity index (χ0) is 15.2.